The van der Waals surface area contributed by atoms with Gasteiger partial charge in [-0.3, -0.25) is 14.4 Å². The number of hydrogen-bond acceptors (Lipinski definition) is 6. The maximum Gasteiger partial charge on any atom is 0.229 e. The zero-order chi connectivity index (χ0) is 18.9. The molecule has 1 unspecified atom stereocenters. The highest BCUT2D eigenvalue weighted by molar-refractivity contribution is 7.13. The highest BCUT2D eigenvalue weighted by Crippen LogP contribution is 2.28. The van der Waals surface area contributed by atoms with Crippen molar-refractivity contribution in [2.24, 2.45) is 11.8 Å². The van der Waals surface area contributed by atoms with E-state index in [1.165, 1.54) is 11.3 Å². The molecule has 3 rings (SSSR count). The van der Waals surface area contributed by atoms with Crippen LogP contribution in [0, 0.1) is 11.8 Å². The van der Waals surface area contributed by atoms with Crippen LogP contribution in [0.4, 0.5) is 5.13 Å². The van der Waals surface area contributed by atoms with Gasteiger partial charge in [-0.05, 0) is 33.6 Å². The van der Waals surface area contributed by atoms with Gasteiger partial charge in [0.25, 0.3) is 0 Å². The lowest BCUT2D eigenvalue weighted by molar-refractivity contribution is -0.138. The Balaban J connectivity index is 1.51. The molecule has 0 saturated carbocycles. The number of anilines is 1. The summed E-state index contributed by atoms with van der Waals surface area (Å²) in [7, 11) is 0. The van der Waals surface area contributed by atoms with Crippen molar-refractivity contribution >= 4 is 34.2 Å². The summed E-state index contributed by atoms with van der Waals surface area (Å²) in [4.78, 5) is 40.8. The highest BCUT2D eigenvalue weighted by atomic mass is 32.1. The summed E-state index contributed by atoms with van der Waals surface area (Å²) in [5, 5.41) is 10.8. The Morgan fingerprint density at radius 3 is 2.46 bits per heavy atom. The molecule has 3 heterocycles. The Bertz CT molecular complexity index is 677. The van der Waals surface area contributed by atoms with Crippen LogP contribution in [0.25, 0.3) is 0 Å². The minimum Gasteiger partial charge on any atom is -0.342 e. The highest BCUT2D eigenvalue weighted by Gasteiger charge is 2.41. The summed E-state index contributed by atoms with van der Waals surface area (Å²) in [6.45, 7) is 7.54. The lowest BCUT2D eigenvalue weighted by Crippen LogP contribution is -2.46. The largest absolute Gasteiger partial charge is 0.342 e. The van der Waals surface area contributed by atoms with Crippen molar-refractivity contribution in [2.45, 2.75) is 45.6 Å². The average molecular weight is 379 g/mol. The Labute approximate surface area is 156 Å². The van der Waals surface area contributed by atoms with E-state index in [4.69, 9.17) is 0 Å². The topological polar surface area (TPSA) is 95.5 Å². The molecule has 9 heteroatoms. The Morgan fingerprint density at radius 1 is 1.23 bits per heavy atom. The number of rotatable bonds is 3. The van der Waals surface area contributed by atoms with E-state index in [9.17, 15) is 14.4 Å². The second-order valence-corrected chi connectivity index (χ2v) is 8.74. The van der Waals surface area contributed by atoms with Gasteiger partial charge < -0.3 is 15.1 Å². The van der Waals surface area contributed by atoms with Crippen LogP contribution >= 0.6 is 11.3 Å². The molecular formula is C17H25N5O3S. The van der Waals surface area contributed by atoms with Gasteiger partial charge in [-0.2, -0.15) is 0 Å². The molecule has 1 aromatic rings. The molecule has 2 aliphatic heterocycles. The molecule has 3 amide bonds. The summed E-state index contributed by atoms with van der Waals surface area (Å²) >= 11 is 1.28. The first-order valence-corrected chi connectivity index (χ1v) is 9.80. The minimum atomic E-state index is -0.270. The van der Waals surface area contributed by atoms with Crippen LogP contribution in [-0.4, -0.2) is 62.9 Å². The quantitative estimate of drug-likeness (QED) is 0.856. The van der Waals surface area contributed by atoms with Gasteiger partial charge in [-0.1, -0.05) is 11.3 Å². The summed E-state index contributed by atoms with van der Waals surface area (Å²) in [5.74, 6) is -0.383. The van der Waals surface area contributed by atoms with Gasteiger partial charge in [-0.15, -0.1) is 10.2 Å². The number of aromatic nitrogens is 2. The minimum absolute atomic E-state index is 0.0353. The molecule has 0 aromatic carbocycles. The molecule has 0 aliphatic carbocycles. The predicted molar refractivity (Wildman–Crippen MR) is 97.4 cm³/mol. The van der Waals surface area contributed by atoms with Crippen molar-refractivity contribution in [1.29, 1.82) is 0 Å². The second-order valence-electron chi connectivity index (χ2n) is 7.91. The molecule has 2 saturated heterocycles. The monoisotopic (exact) mass is 379 g/mol. The number of nitrogens with zero attached hydrogens (tertiary/aromatic N) is 4. The summed E-state index contributed by atoms with van der Waals surface area (Å²) < 4.78 is 0. The predicted octanol–water partition coefficient (Wildman–Crippen LogP) is 1.36. The van der Waals surface area contributed by atoms with Crippen molar-refractivity contribution < 1.29 is 14.4 Å². The fraction of sp³-hybridized carbons (Fsp3) is 0.706. The van der Waals surface area contributed by atoms with Crippen LogP contribution in [-0.2, 0) is 14.4 Å². The van der Waals surface area contributed by atoms with Crippen molar-refractivity contribution in [3.8, 4) is 0 Å². The van der Waals surface area contributed by atoms with Gasteiger partial charge in [0.1, 0.15) is 5.51 Å². The van der Waals surface area contributed by atoms with Crippen molar-refractivity contribution in [3.63, 3.8) is 0 Å². The fourth-order valence-corrected chi connectivity index (χ4v) is 4.02. The standard InChI is InChI=1S/C17H25N5O3S/c1-17(2,3)22-9-12(8-13(22)23)15(25)21-6-4-11(5-7-21)14(24)19-16-20-18-10-26-16/h10-12H,4-9H2,1-3H3,(H,19,20,24). The molecular weight excluding hydrogens is 354 g/mol. The lowest BCUT2D eigenvalue weighted by atomic mass is 9.94. The lowest BCUT2D eigenvalue weighted by Gasteiger charge is -2.34. The number of carbonyl (C=O) groups is 3. The number of amides is 3. The molecule has 0 bridgehead atoms. The number of nitrogens with one attached hydrogen (secondary N) is 1. The van der Waals surface area contributed by atoms with E-state index in [1.807, 2.05) is 20.8 Å². The third-order valence-corrected chi connectivity index (χ3v) is 5.66. The van der Waals surface area contributed by atoms with Crippen LogP contribution in [0.3, 0.4) is 0 Å². The molecule has 0 spiro atoms. The Morgan fingerprint density at radius 2 is 1.92 bits per heavy atom. The van der Waals surface area contributed by atoms with Gasteiger partial charge in [0.05, 0.1) is 5.92 Å². The average Bonchev–Trinajstić information content (AvgIpc) is 3.23. The zero-order valence-electron chi connectivity index (χ0n) is 15.4. The SMILES string of the molecule is CC(C)(C)N1CC(C(=O)N2CCC(C(=O)Nc3nncs3)CC2)CC1=O. The molecule has 26 heavy (non-hydrogen) atoms. The third-order valence-electron chi connectivity index (χ3n) is 5.05. The van der Waals surface area contributed by atoms with Crippen LogP contribution < -0.4 is 5.32 Å². The van der Waals surface area contributed by atoms with Crippen LogP contribution in [0.15, 0.2) is 5.51 Å². The van der Waals surface area contributed by atoms with Crippen LogP contribution in [0.1, 0.15) is 40.0 Å². The van der Waals surface area contributed by atoms with Crippen molar-refractivity contribution in [2.75, 3.05) is 25.0 Å². The van der Waals surface area contributed by atoms with E-state index in [0.29, 0.717) is 37.6 Å². The zero-order valence-corrected chi connectivity index (χ0v) is 16.2. The molecule has 0 radical (unpaired) electrons. The molecule has 2 aliphatic rings. The maximum atomic E-state index is 12.8. The van der Waals surface area contributed by atoms with Crippen molar-refractivity contribution in [3.05, 3.63) is 5.51 Å². The normalized spacial score (nSPS) is 22.0. The second kappa shape index (κ2) is 7.30. The number of hydrogen-bond donors (Lipinski definition) is 1. The molecule has 1 atom stereocenters. The molecule has 1 aromatic heterocycles. The van der Waals surface area contributed by atoms with E-state index < -0.39 is 0 Å². The molecule has 1 N–H and O–H groups in total. The summed E-state index contributed by atoms with van der Waals surface area (Å²) in [6.07, 6.45) is 1.54. The number of likely N-dealkylation sites (tertiary alicyclic amines) is 2. The Hall–Kier alpha value is -2.03. The maximum absolute atomic E-state index is 12.8. The smallest absolute Gasteiger partial charge is 0.229 e. The molecule has 2 fully saturated rings. The first-order valence-electron chi connectivity index (χ1n) is 8.92. The van der Waals surface area contributed by atoms with E-state index >= 15 is 0 Å². The van der Waals surface area contributed by atoms with Gasteiger partial charge in [-0.25, -0.2) is 0 Å². The van der Waals surface area contributed by atoms with E-state index in [2.05, 4.69) is 15.5 Å². The molecule has 142 valence electrons. The summed E-state index contributed by atoms with van der Waals surface area (Å²) in [6, 6.07) is 0. The number of carbonyl (C=O) groups excluding carboxylic acids is 3. The number of piperidine rings is 1. The summed E-state index contributed by atoms with van der Waals surface area (Å²) in [5.41, 5.74) is 1.31. The third kappa shape index (κ3) is 4.03. The van der Waals surface area contributed by atoms with Gasteiger partial charge in [0.15, 0.2) is 0 Å². The van der Waals surface area contributed by atoms with E-state index in [-0.39, 0.29) is 41.5 Å². The van der Waals surface area contributed by atoms with E-state index in [1.54, 1.807) is 15.3 Å². The fourth-order valence-electron chi connectivity index (χ4n) is 3.58. The van der Waals surface area contributed by atoms with Gasteiger partial charge >= 0.3 is 0 Å². The van der Waals surface area contributed by atoms with Crippen molar-refractivity contribution in [1.82, 2.24) is 20.0 Å². The van der Waals surface area contributed by atoms with Crippen LogP contribution in [0.2, 0.25) is 0 Å². The van der Waals surface area contributed by atoms with E-state index in [0.717, 1.165) is 0 Å². The first kappa shape index (κ1) is 18.8. The molecule has 8 nitrogen and oxygen atoms in total. The Kier molecular flexibility index (Phi) is 5.27. The van der Waals surface area contributed by atoms with Crippen LogP contribution in [0.5, 0.6) is 0 Å². The van der Waals surface area contributed by atoms with Gasteiger partial charge in [0, 0.05) is 37.5 Å². The van der Waals surface area contributed by atoms with Gasteiger partial charge in [0.2, 0.25) is 22.9 Å². The first-order chi connectivity index (χ1) is 12.3.